The van der Waals surface area contributed by atoms with Crippen molar-refractivity contribution in [3.05, 3.63) is 36.7 Å². The molecule has 1 aliphatic rings. The number of ether oxygens (including phenoxy) is 1. The quantitative estimate of drug-likeness (QED) is 0.911. The van der Waals surface area contributed by atoms with E-state index in [0.717, 1.165) is 38.4 Å². The second-order valence-electron chi connectivity index (χ2n) is 4.69. The summed E-state index contributed by atoms with van der Waals surface area (Å²) in [5.74, 6) is 0.972. The van der Waals surface area contributed by atoms with E-state index in [-0.39, 0.29) is 0 Å². The van der Waals surface area contributed by atoms with Crippen molar-refractivity contribution in [1.29, 1.82) is 0 Å². The molecule has 0 aliphatic carbocycles. The fourth-order valence-electron chi connectivity index (χ4n) is 2.36. The summed E-state index contributed by atoms with van der Waals surface area (Å²) < 4.78 is 7.63. The number of nitrogens with zero attached hydrogens (tertiary/aromatic N) is 3. The number of hydrogen-bond donors (Lipinski definition) is 1. The van der Waals surface area contributed by atoms with Crippen LogP contribution in [-0.4, -0.2) is 29.5 Å². The molecule has 1 aromatic carbocycles. The summed E-state index contributed by atoms with van der Waals surface area (Å²) in [6.45, 7) is 3.52. The third-order valence-electron chi connectivity index (χ3n) is 3.29. The van der Waals surface area contributed by atoms with Crippen LogP contribution >= 0.6 is 0 Å². The second kappa shape index (κ2) is 5.22. The summed E-state index contributed by atoms with van der Waals surface area (Å²) >= 11 is 0. The standard InChI is InChI=1S/C14H18N4O/c15-12-10-16-18(11-12)8-7-17-6-3-9-19-14-5-2-1-4-13(14)17/h1-2,4-5,10-11H,3,6-9,15H2. The van der Waals surface area contributed by atoms with Gasteiger partial charge in [-0.2, -0.15) is 5.10 Å². The van der Waals surface area contributed by atoms with Gasteiger partial charge in [0.05, 0.1) is 30.7 Å². The van der Waals surface area contributed by atoms with Gasteiger partial charge in [0.2, 0.25) is 0 Å². The molecule has 0 spiro atoms. The maximum Gasteiger partial charge on any atom is 0.142 e. The number of fused-ring (bicyclic) bond motifs is 1. The lowest BCUT2D eigenvalue weighted by atomic mass is 10.2. The Balaban J connectivity index is 1.73. The molecule has 0 saturated carbocycles. The molecule has 0 radical (unpaired) electrons. The number of anilines is 2. The van der Waals surface area contributed by atoms with E-state index in [4.69, 9.17) is 10.5 Å². The fraction of sp³-hybridized carbons (Fsp3) is 0.357. The van der Waals surface area contributed by atoms with Crippen LogP contribution in [0.1, 0.15) is 6.42 Å². The highest BCUT2D eigenvalue weighted by molar-refractivity contribution is 5.58. The molecule has 2 heterocycles. The van der Waals surface area contributed by atoms with Crippen LogP contribution in [0.2, 0.25) is 0 Å². The van der Waals surface area contributed by atoms with Gasteiger partial charge >= 0.3 is 0 Å². The largest absolute Gasteiger partial charge is 0.491 e. The number of nitrogens with two attached hydrogens (primary N) is 1. The fourth-order valence-corrected chi connectivity index (χ4v) is 2.36. The summed E-state index contributed by atoms with van der Waals surface area (Å²) in [6.07, 6.45) is 4.58. The maximum atomic E-state index is 5.75. The lowest BCUT2D eigenvalue weighted by molar-refractivity contribution is 0.322. The van der Waals surface area contributed by atoms with Gasteiger partial charge in [-0.3, -0.25) is 4.68 Å². The smallest absolute Gasteiger partial charge is 0.142 e. The minimum Gasteiger partial charge on any atom is -0.491 e. The molecular weight excluding hydrogens is 240 g/mol. The van der Waals surface area contributed by atoms with Crippen LogP contribution in [0.15, 0.2) is 36.7 Å². The minimum absolute atomic E-state index is 0.708. The molecule has 100 valence electrons. The zero-order valence-corrected chi connectivity index (χ0v) is 10.8. The van der Waals surface area contributed by atoms with Crippen LogP contribution in [0.3, 0.4) is 0 Å². The van der Waals surface area contributed by atoms with Crippen LogP contribution < -0.4 is 15.4 Å². The Morgan fingerprint density at radius 2 is 2.16 bits per heavy atom. The van der Waals surface area contributed by atoms with Gasteiger partial charge in [0.15, 0.2) is 0 Å². The lowest BCUT2D eigenvalue weighted by Gasteiger charge is -2.23. The predicted octanol–water partition coefficient (Wildman–Crippen LogP) is 1.75. The first-order valence-corrected chi connectivity index (χ1v) is 6.57. The van der Waals surface area contributed by atoms with Gasteiger partial charge in [-0.05, 0) is 18.6 Å². The number of benzene rings is 1. The van der Waals surface area contributed by atoms with E-state index in [2.05, 4.69) is 16.1 Å². The summed E-state index contributed by atoms with van der Waals surface area (Å²) in [5, 5.41) is 4.21. The highest BCUT2D eigenvalue weighted by atomic mass is 16.5. The van der Waals surface area contributed by atoms with Crippen molar-refractivity contribution in [2.45, 2.75) is 13.0 Å². The molecule has 1 aliphatic heterocycles. The number of rotatable bonds is 3. The molecule has 5 heteroatoms. The van der Waals surface area contributed by atoms with Gasteiger partial charge in [0, 0.05) is 19.3 Å². The van der Waals surface area contributed by atoms with Crippen LogP contribution in [0.5, 0.6) is 5.75 Å². The zero-order chi connectivity index (χ0) is 13.1. The first-order valence-electron chi connectivity index (χ1n) is 6.57. The molecule has 0 amide bonds. The van der Waals surface area contributed by atoms with E-state index in [1.807, 2.05) is 29.1 Å². The van der Waals surface area contributed by atoms with Crippen molar-refractivity contribution in [1.82, 2.24) is 9.78 Å². The average molecular weight is 258 g/mol. The van der Waals surface area contributed by atoms with Crippen molar-refractivity contribution in [2.75, 3.05) is 30.3 Å². The average Bonchev–Trinajstić information content (AvgIpc) is 2.73. The molecule has 19 heavy (non-hydrogen) atoms. The van der Waals surface area contributed by atoms with Gasteiger partial charge in [0.1, 0.15) is 5.75 Å². The number of aromatic nitrogens is 2. The predicted molar refractivity (Wildman–Crippen MR) is 75.4 cm³/mol. The van der Waals surface area contributed by atoms with E-state index in [9.17, 15) is 0 Å². The zero-order valence-electron chi connectivity index (χ0n) is 10.8. The van der Waals surface area contributed by atoms with Gasteiger partial charge in [-0.15, -0.1) is 0 Å². The van der Waals surface area contributed by atoms with E-state index in [0.29, 0.717) is 5.69 Å². The first kappa shape index (κ1) is 11.9. The molecular formula is C14H18N4O. The SMILES string of the molecule is Nc1cnn(CCN2CCCOc3ccccc32)c1. The Labute approximate surface area is 112 Å². The Morgan fingerprint density at radius 3 is 3.00 bits per heavy atom. The second-order valence-corrected chi connectivity index (χ2v) is 4.69. The number of para-hydroxylation sites is 2. The maximum absolute atomic E-state index is 5.75. The van der Waals surface area contributed by atoms with Crippen LogP contribution in [0.4, 0.5) is 11.4 Å². The van der Waals surface area contributed by atoms with Crippen molar-refractivity contribution < 1.29 is 4.74 Å². The molecule has 0 saturated heterocycles. The molecule has 0 bridgehead atoms. The lowest BCUT2D eigenvalue weighted by Crippen LogP contribution is -2.28. The molecule has 2 N–H and O–H groups in total. The third kappa shape index (κ3) is 2.65. The van der Waals surface area contributed by atoms with Crippen LogP contribution in [0.25, 0.3) is 0 Å². The summed E-state index contributed by atoms with van der Waals surface area (Å²) in [4.78, 5) is 2.35. The number of hydrogen-bond acceptors (Lipinski definition) is 4. The molecule has 3 rings (SSSR count). The monoisotopic (exact) mass is 258 g/mol. The normalized spacial score (nSPS) is 14.6. The van der Waals surface area contributed by atoms with E-state index in [1.165, 1.54) is 5.69 Å². The van der Waals surface area contributed by atoms with Gasteiger partial charge in [0.25, 0.3) is 0 Å². The van der Waals surface area contributed by atoms with E-state index in [1.54, 1.807) is 6.20 Å². The minimum atomic E-state index is 0.708. The highest BCUT2D eigenvalue weighted by Gasteiger charge is 2.15. The molecule has 0 atom stereocenters. The molecule has 2 aromatic rings. The summed E-state index contributed by atoms with van der Waals surface area (Å²) in [6, 6.07) is 8.20. The van der Waals surface area contributed by atoms with Crippen molar-refractivity contribution >= 4 is 11.4 Å². The van der Waals surface area contributed by atoms with E-state index >= 15 is 0 Å². The highest BCUT2D eigenvalue weighted by Crippen LogP contribution is 2.30. The van der Waals surface area contributed by atoms with Gasteiger partial charge < -0.3 is 15.4 Å². The van der Waals surface area contributed by atoms with Crippen LogP contribution in [-0.2, 0) is 6.54 Å². The van der Waals surface area contributed by atoms with Crippen molar-refractivity contribution in [3.63, 3.8) is 0 Å². The topological polar surface area (TPSA) is 56.3 Å². The molecule has 5 nitrogen and oxygen atoms in total. The molecule has 1 aromatic heterocycles. The van der Waals surface area contributed by atoms with Crippen LogP contribution in [0, 0.1) is 0 Å². The van der Waals surface area contributed by atoms with Gasteiger partial charge in [-0.25, -0.2) is 0 Å². The van der Waals surface area contributed by atoms with Gasteiger partial charge in [-0.1, -0.05) is 12.1 Å². The van der Waals surface area contributed by atoms with E-state index < -0.39 is 0 Å². The van der Waals surface area contributed by atoms with Crippen molar-refractivity contribution in [3.8, 4) is 5.75 Å². The Hall–Kier alpha value is -2.17. The Kier molecular flexibility index (Phi) is 3.27. The summed E-state index contributed by atoms with van der Waals surface area (Å²) in [7, 11) is 0. The number of nitrogen functional groups attached to an aromatic ring is 1. The summed E-state index contributed by atoms with van der Waals surface area (Å²) in [5.41, 5.74) is 7.55. The molecule has 0 unspecified atom stereocenters. The first-order chi connectivity index (χ1) is 9.33. The Bertz CT molecular complexity index is 552. The molecule has 0 fully saturated rings. The third-order valence-corrected chi connectivity index (χ3v) is 3.29. The van der Waals surface area contributed by atoms with Crippen molar-refractivity contribution in [2.24, 2.45) is 0 Å². The Morgan fingerprint density at radius 1 is 1.26 bits per heavy atom.